The molecule has 3 aromatic rings. The molecule has 3 aromatic heterocycles. The van der Waals surface area contributed by atoms with Crippen molar-refractivity contribution < 1.29 is 13.2 Å². The third kappa shape index (κ3) is 2.56. The van der Waals surface area contributed by atoms with E-state index in [2.05, 4.69) is 15.3 Å². The second kappa shape index (κ2) is 5.23. The molecule has 3 heterocycles. The monoisotopic (exact) mass is 316 g/mol. The second-order valence-corrected chi connectivity index (χ2v) is 6.57. The molecule has 0 aromatic carbocycles. The number of rotatable bonds is 3. The van der Waals surface area contributed by atoms with Crippen molar-refractivity contribution in [3.63, 3.8) is 0 Å². The summed E-state index contributed by atoms with van der Waals surface area (Å²) < 4.78 is 25.0. The van der Waals surface area contributed by atoms with E-state index in [0.29, 0.717) is 11.2 Å². The number of sulfone groups is 1. The van der Waals surface area contributed by atoms with Crippen LogP contribution in [0.15, 0.2) is 54.1 Å². The fraction of sp³-hybridized carbons (Fsp3) is 0.0714. The van der Waals surface area contributed by atoms with Crippen molar-refractivity contribution in [3.8, 4) is 0 Å². The van der Waals surface area contributed by atoms with Crippen LogP contribution in [0.3, 0.4) is 0 Å². The Labute approximate surface area is 126 Å². The molecule has 0 saturated carbocycles. The fourth-order valence-corrected chi connectivity index (χ4v) is 2.84. The number of hydrogen-bond donors (Lipinski definition) is 1. The molecule has 8 heteroatoms. The summed E-state index contributed by atoms with van der Waals surface area (Å²) in [5, 5.41) is 2.50. The van der Waals surface area contributed by atoms with Crippen LogP contribution in [0.4, 0.5) is 5.69 Å². The molecule has 3 rings (SSSR count). The Hall–Kier alpha value is -2.74. The number of hydrogen-bond acceptors (Lipinski definition) is 5. The first-order valence-electron chi connectivity index (χ1n) is 6.35. The molecule has 0 aliphatic rings. The maximum absolute atomic E-state index is 12.4. The van der Waals surface area contributed by atoms with Gasteiger partial charge >= 0.3 is 0 Å². The average Bonchev–Trinajstić information content (AvgIpc) is 2.88. The molecule has 0 atom stereocenters. The Morgan fingerprint density at radius 2 is 1.91 bits per heavy atom. The molecule has 7 nitrogen and oxygen atoms in total. The number of aromatic nitrogens is 3. The van der Waals surface area contributed by atoms with Crippen molar-refractivity contribution in [2.24, 2.45) is 0 Å². The summed E-state index contributed by atoms with van der Waals surface area (Å²) in [6.07, 6.45) is 5.70. The number of imidazole rings is 1. The molecule has 1 amide bonds. The number of anilines is 1. The Bertz CT molecular complexity index is 949. The highest BCUT2D eigenvalue weighted by molar-refractivity contribution is 7.90. The van der Waals surface area contributed by atoms with Gasteiger partial charge in [0.2, 0.25) is 15.0 Å². The van der Waals surface area contributed by atoms with Gasteiger partial charge in [0.25, 0.3) is 5.91 Å². The maximum atomic E-state index is 12.4. The van der Waals surface area contributed by atoms with E-state index in [-0.39, 0.29) is 10.9 Å². The van der Waals surface area contributed by atoms with Gasteiger partial charge in [-0.05, 0) is 24.3 Å². The van der Waals surface area contributed by atoms with Gasteiger partial charge in [0, 0.05) is 30.5 Å². The zero-order valence-electron chi connectivity index (χ0n) is 11.6. The lowest BCUT2D eigenvalue weighted by Crippen LogP contribution is -2.13. The van der Waals surface area contributed by atoms with Crippen molar-refractivity contribution in [1.82, 2.24) is 14.4 Å². The second-order valence-electron chi connectivity index (χ2n) is 4.66. The summed E-state index contributed by atoms with van der Waals surface area (Å²) in [5.41, 5.74) is 1.03. The Kier molecular flexibility index (Phi) is 3.38. The average molecular weight is 316 g/mol. The van der Waals surface area contributed by atoms with E-state index in [0.717, 1.165) is 6.26 Å². The van der Waals surface area contributed by atoms with E-state index in [4.69, 9.17) is 0 Å². The number of amides is 1. The Balaban J connectivity index is 2.10. The van der Waals surface area contributed by atoms with E-state index in [1.165, 1.54) is 4.40 Å². The van der Waals surface area contributed by atoms with E-state index in [9.17, 15) is 13.2 Å². The predicted molar refractivity (Wildman–Crippen MR) is 80.5 cm³/mol. The van der Waals surface area contributed by atoms with E-state index >= 15 is 0 Å². The number of nitrogens with zero attached hydrogens (tertiary/aromatic N) is 3. The Morgan fingerprint density at radius 1 is 1.18 bits per heavy atom. The highest BCUT2D eigenvalue weighted by Gasteiger charge is 2.22. The molecule has 0 aliphatic carbocycles. The highest BCUT2D eigenvalue weighted by Crippen LogP contribution is 2.18. The number of carbonyl (C=O) groups excluding carboxylic acids is 1. The topological polar surface area (TPSA) is 93.4 Å². The van der Waals surface area contributed by atoms with Gasteiger partial charge < -0.3 is 5.32 Å². The van der Waals surface area contributed by atoms with Crippen LogP contribution in [0.2, 0.25) is 0 Å². The minimum absolute atomic E-state index is 0.0536. The molecule has 0 radical (unpaired) electrons. The summed E-state index contributed by atoms with van der Waals surface area (Å²) >= 11 is 0. The number of pyridine rings is 2. The first kappa shape index (κ1) is 14.2. The molecule has 1 N–H and O–H groups in total. The SMILES string of the molecule is CS(=O)(=O)c1nc(C(=O)Nc2ccncc2)c2ccccn12. The smallest absolute Gasteiger partial charge is 0.276 e. The number of nitrogens with one attached hydrogen (secondary N) is 1. The lowest BCUT2D eigenvalue weighted by Gasteiger charge is -2.02. The largest absolute Gasteiger partial charge is 0.320 e. The minimum atomic E-state index is -3.55. The third-order valence-corrected chi connectivity index (χ3v) is 3.95. The molecule has 0 fully saturated rings. The van der Waals surface area contributed by atoms with Gasteiger partial charge in [-0.15, -0.1) is 0 Å². The van der Waals surface area contributed by atoms with Gasteiger partial charge in [0.1, 0.15) is 0 Å². The zero-order valence-corrected chi connectivity index (χ0v) is 12.4. The number of carbonyl (C=O) groups is 1. The molecule has 0 unspecified atom stereocenters. The van der Waals surface area contributed by atoms with Crippen LogP contribution in [0, 0.1) is 0 Å². The van der Waals surface area contributed by atoms with Gasteiger partial charge in [-0.1, -0.05) is 6.07 Å². The molecule has 0 bridgehead atoms. The molecule has 0 aliphatic heterocycles. The van der Waals surface area contributed by atoms with Crippen LogP contribution < -0.4 is 5.32 Å². The van der Waals surface area contributed by atoms with Gasteiger partial charge in [0.15, 0.2) is 5.69 Å². The molecule has 0 saturated heterocycles. The van der Waals surface area contributed by atoms with Crippen molar-refractivity contribution in [1.29, 1.82) is 0 Å². The van der Waals surface area contributed by atoms with Crippen molar-refractivity contribution in [2.75, 3.05) is 11.6 Å². The third-order valence-electron chi connectivity index (χ3n) is 3.00. The minimum Gasteiger partial charge on any atom is -0.320 e. The normalized spacial score (nSPS) is 11.5. The number of fused-ring (bicyclic) bond motifs is 1. The quantitative estimate of drug-likeness (QED) is 0.788. The van der Waals surface area contributed by atoms with Gasteiger partial charge in [-0.25, -0.2) is 13.4 Å². The first-order chi connectivity index (χ1) is 10.5. The molecular weight excluding hydrogens is 304 g/mol. The van der Waals surface area contributed by atoms with Crippen LogP contribution in [-0.2, 0) is 9.84 Å². The predicted octanol–water partition coefficient (Wildman–Crippen LogP) is 1.39. The molecule has 0 spiro atoms. The van der Waals surface area contributed by atoms with E-state index in [1.807, 2.05) is 0 Å². The highest BCUT2D eigenvalue weighted by atomic mass is 32.2. The fourth-order valence-electron chi connectivity index (χ4n) is 2.06. The lowest BCUT2D eigenvalue weighted by atomic mass is 10.3. The van der Waals surface area contributed by atoms with Crippen LogP contribution in [0.25, 0.3) is 5.52 Å². The summed E-state index contributed by atoms with van der Waals surface area (Å²) in [7, 11) is -3.55. The van der Waals surface area contributed by atoms with Crippen molar-refractivity contribution in [2.45, 2.75) is 5.16 Å². The molecule has 112 valence electrons. The van der Waals surface area contributed by atoms with Crippen LogP contribution in [0.1, 0.15) is 10.5 Å². The van der Waals surface area contributed by atoms with Crippen LogP contribution in [0.5, 0.6) is 0 Å². The summed E-state index contributed by atoms with van der Waals surface area (Å²) in [6.45, 7) is 0. The summed E-state index contributed by atoms with van der Waals surface area (Å²) in [6, 6.07) is 8.30. The Morgan fingerprint density at radius 3 is 2.59 bits per heavy atom. The first-order valence-corrected chi connectivity index (χ1v) is 8.24. The summed E-state index contributed by atoms with van der Waals surface area (Å²) in [4.78, 5) is 20.2. The van der Waals surface area contributed by atoms with Gasteiger partial charge in [-0.3, -0.25) is 14.2 Å². The van der Waals surface area contributed by atoms with Crippen LogP contribution in [-0.4, -0.2) is 34.9 Å². The maximum Gasteiger partial charge on any atom is 0.276 e. The van der Waals surface area contributed by atoms with Gasteiger partial charge in [-0.2, -0.15) is 0 Å². The lowest BCUT2D eigenvalue weighted by molar-refractivity contribution is 0.102. The van der Waals surface area contributed by atoms with Crippen molar-refractivity contribution in [3.05, 3.63) is 54.6 Å². The molecular formula is C14H12N4O3S. The van der Waals surface area contributed by atoms with E-state index in [1.54, 1.807) is 48.9 Å². The van der Waals surface area contributed by atoms with Gasteiger partial charge in [0.05, 0.1) is 5.52 Å². The van der Waals surface area contributed by atoms with Crippen molar-refractivity contribution >= 4 is 26.9 Å². The van der Waals surface area contributed by atoms with Crippen LogP contribution >= 0.6 is 0 Å². The zero-order chi connectivity index (χ0) is 15.7. The van der Waals surface area contributed by atoms with E-state index < -0.39 is 15.7 Å². The standard InChI is InChI=1S/C14H12N4O3S/c1-22(20,21)14-17-12(11-4-2-3-9-18(11)14)13(19)16-10-5-7-15-8-6-10/h2-9H,1H3,(H,15,16,19). The summed E-state index contributed by atoms with van der Waals surface area (Å²) in [5.74, 6) is -0.482. The molecule has 22 heavy (non-hydrogen) atoms.